The molecule has 2 heterocycles. The third-order valence-corrected chi connectivity index (χ3v) is 5.79. The van der Waals surface area contributed by atoms with Crippen LogP contribution >= 0.6 is 0 Å². The monoisotopic (exact) mass is 410 g/mol. The number of hydrogen-bond acceptors (Lipinski definition) is 5. The summed E-state index contributed by atoms with van der Waals surface area (Å²) in [5.41, 5.74) is -0.224. The SMILES string of the molecule is CN(C)C(=O)C1CCCN1c1ccc(S(=O)(=O)Nc2cc(F)cc(F)c2)cn1. The molecule has 1 aliphatic rings. The normalized spacial score (nSPS) is 16.9. The van der Waals surface area contributed by atoms with Crippen LogP contribution in [0.15, 0.2) is 41.4 Å². The van der Waals surface area contributed by atoms with Crippen LogP contribution in [-0.2, 0) is 14.8 Å². The smallest absolute Gasteiger partial charge is 0.263 e. The summed E-state index contributed by atoms with van der Waals surface area (Å²) in [5, 5.41) is 0. The number of amides is 1. The van der Waals surface area contributed by atoms with E-state index in [9.17, 15) is 22.0 Å². The first-order valence-electron chi connectivity index (χ1n) is 8.60. The maximum Gasteiger partial charge on any atom is 0.263 e. The minimum atomic E-state index is -4.07. The van der Waals surface area contributed by atoms with Gasteiger partial charge in [0, 0.05) is 32.9 Å². The fourth-order valence-electron chi connectivity index (χ4n) is 3.12. The number of hydrogen-bond donors (Lipinski definition) is 1. The zero-order valence-electron chi connectivity index (χ0n) is 15.4. The molecule has 1 unspecified atom stereocenters. The van der Waals surface area contributed by atoms with Crippen molar-refractivity contribution in [3.63, 3.8) is 0 Å². The van der Waals surface area contributed by atoms with Crippen molar-refractivity contribution in [1.29, 1.82) is 0 Å². The summed E-state index contributed by atoms with van der Waals surface area (Å²) >= 11 is 0. The molecule has 2 aromatic rings. The number of nitrogens with one attached hydrogen (secondary N) is 1. The molecular formula is C18H20F2N4O3S. The standard InChI is InChI=1S/C18H20F2N4O3S/c1-23(2)18(25)16-4-3-7-24(16)17-6-5-15(11-21-17)28(26,27)22-14-9-12(19)8-13(20)10-14/h5-6,8-11,16,22H,3-4,7H2,1-2H3. The second-order valence-electron chi connectivity index (χ2n) is 6.70. The lowest BCUT2D eigenvalue weighted by molar-refractivity contribution is -0.129. The first-order valence-corrected chi connectivity index (χ1v) is 10.1. The first-order chi connectivity index (χ1) is 13.2. The Balaban J connectivity index is 1.80. The number of halogens is 2. The lowest BCUT2D eigenvalue weighted by Gasteiger charge is -2.27. The second-order valence-corrected chi connectivity index (χ2v) is 8.38. The summed E-state index contributed by atoms with van der Waals surface area (Å²) in [4.78, 5) is 19.7. The van der Waals surface area contributed by atoms with E-state index in [1.807, 2.05) is 4.90 Å². The average Bonchev–Trinajstić information content (AvgIpc) is 3.09. The summed E-state index contributed by atoms with van der Waals surface area (Å²) in [5.74, 6) is -1.33. The van der Waals surface area contributed by atoms with Crippen LogP contribution in [0.4, 0.5) is 20.3 Å². The van der Waals surface area contributed by atoms with Gasteiger partial charge in [0.25, 0.3) is 10.0 Å². The van der Waals surface area contributed by atoms with Crippen LogP contribution in [0.3, 0.4) is 0 Å². The highest BCUT2D eigenvalue weighted by atomic mass is 32.2. The number of benzene rings is 1. The topological polar surface area (TPSA) is 82.6 Å². The van der Waals surface area contributed by atoms with Gasteiger partial charge < -0.3 is 9.80 Å². The molecule has 28 heavy (non-hydrogen) atoms. The van der Waals surface area contributed by atoms with E-state index in [2.05, 4.69) is 9.71 Å². The lowest BCUT2D eigenvalue weighted by atomic mass is 10.2. The molecule has 7 nitrogen and oxygen atoms in total. The van der Waals surface area contributed by atoms with Gasteiger partial charge in [-0.3, -0.25) is 9.52 Å². The van der Waals surface area contributed by atoms with Crippen molar-refractivity contribution >= 4 is 27.4 Å². The maximum absolute atomic E-state index is 13.3. The fraction of sp³-hybridized carbons (Fsp3) is 0.333. The van der Waals surface area contributed by atoms with E-state index in [0.29, 0.717) is 24.8 Å². The van der Waals surface area contributed by atoms with Gasteiger partial charge in [0.1, 0.15) is 28.4 Å². The number of pyridine rings is 1. The minimum Gasteiger partial charge on any atom is -0.347 e. The molecule has 1 fully saturated rings. The molecule has 0 aliphatic carbocycles. The van der Waals surface area contributed by atoms with Crippen molar-refractivity contribution in [3.05, 3.63) is 48.2 Å². The molecule has 0 saturated carbocycles. The van der Waals surface area contributed by atoms with Crippen LogP contribution in [0.5, 0.6) is 0 Å². The minimum absolute atomic E-state index is 0.0363. The summed E-state index contributed by atoms with van der Waals surface area (Å²) in [7, 11) is -0.703. The molecule has 1 aromatic heterocycles. The molecular weight excluding hydrogens is 390 g/mol. The quantitative estimate of drug-likeness (QED) is 0.817. The highest BCUT2D eigenvalue weighted by molar-refractivity contribution is 7.92. The molecule has 1 atom stereocenters. The zero-order valence-corrected chi connectivity index (χ0v) is 16.2. The molecule has 150 valence electrons. The van der Waals surface area contributed by atoms with Gasteiger partial charge in [-0.25, -0.2) is 22.2 Å². The van der Waals surface area contributed by atoms with Gasteiger partial charge in [0.2, 0.25) is 5.91 Å². The van der Waals surface area contributed by atoms with Gasteiger partial charge in [0.15, 0.2) is 0 Å². The van der Waals surface area contributed by atoms with Crippen molar-refractivity contribution < 1.29 is 22.0 Å². The summed E-state index contributed by atoms with van der Waals surface area (Å²) in [6.45, 7) is 0.643. The van der Waals surface area contributed by atoms with Crippen LogP contribution in [0.25, 0.3) is 0 Å². The lowest BCUT2D eigenvalue weighted by Crippen LogP contribution is -2.43. The molecule has 3 rings (SSSR count). The van der Waals surface area contributed by atoms with Crippen LogP contribution in [-0.4, -0.2) is 50.9 Å². The van der Waals surface area contributed by atoms with Crippen molar-refractivity contribution in [2.45, 2.75) is 23.8 Å². The van der Waals surface area contributed by atoms with E-state index in [1.165, 1.54) is 17.0 Å². The Hall–Kier alpha value is -2.75. The first kappa shape index (κ1) is 20.0. The van der Waals surface area contributed by atoms with Crippen LogP contribution in [0.2, 0.25) is 0 Å². The Morgan fingerprint density at radius 2 is 1.89 bits per heavy atom. The third kappa shape index (κ3) is 4.22. The number of carbonyl (C=O) groups is 1. The predicted molar refractivity (Wildman–Crippen MR) is 100 cm³/mol. The fourth-order valence-corrected chi connectivity index (χ4v) is 4.11. The molecule has 1 aromatic carbocycles. The van der Waals surface area contributed by atoms with E-state index < -0.39 is 21.7 Å². The van der Waals surface area contributed by atoms with Gasteiger partial charge >= 0.3 is 0 Å². The van der Waals surface area contributed by atoms with Gasteiger partial charge in [0.05, 0.1) is 5.69 Å². The number of nitrogens with zero attached hydrogens (tertiary/aromatic N) is 3. The number of sulfonamides is 1. The summed E-state index contributed by atoms with van der Waals surface area (Å²) in [6, 6.07) is 4.93. The second kappa shape index (κ2) is 7.70. The molecule has 10 heteroatoms. The Morgan fingerprint density at radius 3 is 2.46 bits per heavy atom. The molecule has 0 spiro atoms. The largest absolute Gasteiger partial charge is 0.347 e. The van der Waals surface area contributed by atoms with E-state index in [0.717, 1.165) is 24.8 Å². The van der Waals surface area contributed by atoms with E-state index >= 15 is 0 Å². The summed E-state index contributed by atoms with van der Waals surface area (Å²) < 4.78 is 53.6. The Labute approximate surface area is 162 Å². The Morgan fingerprint density at radius 1 is 1.21 bits per heavy atom. The zero-order chi connectivity index (χ0) is 20.5. The van der Waals surface area contributed by atoms with Crippen LogP contribution in [0.1, 0.15) is 12.8 Å². The van der Waals surface area contributed by atoms with Crippen LogP contribution < -0.4 is 9.62 Å². The van der Waals surface area contributed by atoms with Crippen LogP contribution in [0, 0.1) is 11.6 Å². The van der Waals surface area contributed by atoms with Gasteiger partial charge in [-0.2, -0.15) is 0 Å². The van der Waals surface area contributed by atoms with Crippen molar-refractivity contribution in [2.24, 2.45) is 0 Å². The van der Waals surface area contributed by atoms with E-state index in [-0.39, 0.29) is 22.5 Å². The van der Waals surface area contributed by atoms with Crippen molar-refractivity contribution in [2.75, 3.05) is 30.3 Å². The average molecular weight is 410 g/mol. The highest BCUT2D eigenvalue weighted by Crippen LogP contribution is 2.26. The number of rotatable bonds is 5. The predicted octanol–water partition coefficient (Wildman–Crippen LogP) is 2.22. The molecule has 1 saturated heterocycles. The van der Waals surface area contributed by atoms with Crippen molar-refractivity contribution in [1.82, 2.24) is 9.88 Å². The maximum atomic E-state index is 13.3. The molecule has 0 bridgehead atoms. The highest BCUT2D eigenvalue weighted by Gasteiger charge is 2.32. The van der Waals surface area contributed by atoms with Crippen molar-refractivity contribution in [3.8, 4) is 0 Å². The summed E-state index contributed by atoms with van der Waals surface area (Å²) in [6.07, 6.45) is 2.69. The van der Waals surface area contributed by atoms with E-state index in [4.69, 9.17) is 0 Å². The number of anilines is 2. The Bertz CT molecular complexity index is 961. The Kier molecular flexibility index (Phi) is 5.50. The van der Waals surface area contributed by atoms with Gasteiger partial charge in [-0.1, -0.05) is 0 Å². The molecule has 1 aliphatic heterocycles. The molecule has 0 radical (unpaired) electrons. The number of likely N-dealkylation sites (N-methyl/N-ethyl adjacent to an activating group) is 1. The molecule has 1 amide bonds. The third-order valence-electron chi connectivity index (χ3n) is 4.42. The number of carbonyl (C=O) groups excluding carboxylic acids is 1. The van der Waals surface area contributed by atoms with Gasteiger partial charge in [-0.05, 0) is 37.1 Å². The number of aromatic nitrogens is 1. The molecule has 1 N–H and O–H groups in total. The van der Waals surface area contributed by atoms with E-state index in [1.54, 1.807) is 14.1 Å². The van der Waals surface area contributed by atoms with Gasteiger partial charge in [-0.15, -0.1) is 0 Å².